The Bertz CT molecular complexity index is 538. The lowest BCUT2D eigenvalue weighted by atomic mass is 9.97. The molecule has 3 N–H and O–H groups in total. The highest BCUT2D eigenvalue weighted by Crippen LogP contribution is 2.34. The van der Waals surface area contributed by atoms with Crippen LogP contribution < -0.4 is 11.1 Å². The highest BCUT2D eigenvalue weighted by molar-refractivity contribution is 7.10. The Hall–Kier alpha value is -1.40. The van der Waals surface area contributed by atoms with E-state index in [0.717, 1.165) is 45.1 Å². The van der Waals surface area contributed by atoms with Gasteiger partial charge in [-0.25, -0.2) is 0 Å². The van der Waals surface area contributed by atoms with E-state index in [1.807, 2.05) is 11.0 Å². The van der Waals surface area contributed by atoms with Crippen LogP contribution in [-0.4, -0.2) is 35.3 Å². The molecule has 2 fully saturated rings. The number of carbonyl (C=O) groups is 2. The molecule has 1 atom stereocenters. The van der Waals surface area contributed by atoms with Gasteiger partial charge in [-0.15, -0.1) is 11.3 Å². The van der Waals surface area contributed by atoms with Crippen LogP contribution in [0.4, 0.5) is 0 Å². The zero-order chi connectivity index (χ0) is 15.6. The second kappa shape index (κ2) is 6.38. The molecule has 1 aliphatic carbocycles. The molecule has 1 aromatic heterocycles. The highest BCUT2D eigenvalue weighted by Gasteiger charge is 2.40. The molecule has 2 aliphatic rings. The van der Waals surface area contributed by atoms with Crippen LogP contribution in [0, 0.1) is 0 Å². The molecule has 5 nitrogen and oxygen atoms in total. The molecule has 3 rings (SSSR count). The number of primary amides is 1. The number of amides is 2. The van der Waals surface area contributed by atoms with Crippen LogP contribution in [0.25, 0.3) is 0 Å². The van der Waals surface area contributed by atoms with Gasteiger partial charge in [0.05, 0.1) is 18.1 Å². The predicted octanol–water partition coefficient (Wildman–Crippen LogP) is 1.80. The van der Waals surface area contributed by atoms with Crippen LogP contribution in [0.3, 0.4) is 0 Å². The van der Waals surface area contributed by atoms with Crippen LogP contribution in [0.2, 0.25) is 0 Å². The molecule has 1 saturated heterocycles. The number of rotatable bonds is 5. The number of nitrogens with two attached hydrogens (primary N) is 1. The summed E-state index contributed by atoms with van der Waals surface area (Å²) in [6.45, 7) is 0.997. The zero-order valence-corrected chi connectivity index (χ0v) is 13.5. The highest BCUT2D eigenvalue weighted by atomic mass is 32.1. The lowest BCUT2D eigenvalue weighted by Crippen LogP contribution is -2.56. The summed E-state index contributed by atoms with van der Waals surface area (Å²) in [7, 11) is 0. The summed E-state index contributed by atoms with van der Waals surface area (Å²) in [5.41, 5.74) is 4.88. The fraction of sp³-hybridized carbons (Fsp3) is 0.625. The van der Waals surface area contributed by atoms with E-state index in [1.54, 1.807) is 11.3 Å². The van der Waals surface area contributed by atoms with Gasteiger partial charge in [-0.05, 0) is 37.1 Å². The van der Waals surface area contributed by atoms with E-state index < -0.39 is 5.54 Å². The van der Waals surface area contributed by atoms with Crippen LogP contribution in [0.5, 0.6) is 0 Å². The number of nitrogens with zero attached hydrogens (tertiary/aromatic N) is 1. The number of nitrogens with one attached hydrogen (secondary N) is 1. The normalized spacial score (nSPS) is 23.8. The number of hydrogen-bond acceptors (Lipinski definition) is 4. The van der Waals surface area contributed by atoms with Crippen molar-refractivity contribution < 1.29 is 9.59 Å². The Kier molecular flexibility index (Phi) is 4.49. The monoisotopic (exact) mass is 321 g/mol. The summed E-state index contributed by atoms with van der Waals surface area (Å²) in [4.78, 5) is 27.5. The molecular weight excluding hydrogens is 298 g/mol. The Morgan fingerprint density at radius 2 is 2.14 bits per heavy atom. The van der Waals surface area contributed by atoms with Gasteiger partial charge in [-0.2, -0.15) is 0 Å². The van der Waals surface area contributed by atoms with Gasteiger partial charge in [0.15, 0.2) is 0 Å². The number of thiophene rings is 1. The Balaban J connectivity index is 1.63. The maximum atomic E-state index is 12.6. The van der Waals surface area contributed by atoms with Crippen molar-refractivity contribution in [3.8, 4) is 0 Å². The van der Waals surface area contributed by atoms with Crippen molar-refractivity contribution in [2.75, 3.05) is 13.1 Å². The molecule has 0 radical (unpaired) electrons. The minimum atomic E-state index is -0.673. The Morgan fingerprint density at radius 3 is 2.77 bits per heavy atom. The second-order valence-electron chi connectivity index (χ2n) is 6.27. The van der Waals surface area contributed by atoms with Gasteiger partial charge in [0.25, 0.3) is 0 Å². The summed E-state index contributed by atoms with van der Waals surface area (Å²) in [5.74, 6) is -0.252. The van der Waals surface area contributed by atoms with E-state index in [4.69, 9.17) is 5.73 Å². The summed E-state index contributed by atoms with van der Waals surface area (Å²) in [5, 5.41) is 5.23. The molecule has 2 heterocycles. The lowest BCUT2D eigenvalue weighted by molar-refractivity contribution is -0.132. The van der Waals surface area contributed by atoms with Gasteiger partial charge in [-0.3, -0.25) is 14.9 Å². The second-order valence-corrected chi connectivity index (χ2v) is 7.25. The fourth-order valence-corrected chi connectivity index (χ4v) is 4.55. The van der Waals surface area contributed by atoms with Gasteiger partial charge in [-0.1, -0.05) is 18.9 Å². The summed E-state index contributed by atoms with van der Waals surface area (Å²) < 4.78 is 0. The molecule has 0 bridgehead atoms. The summed E-state index contributed by atoms with van der Waals surface area (Å²) in [6, 6.07) is 4.32. The van der Waals surface area contributed by atoms with Gasteiger partial charge in [0.1, 0.15) is 0 Å². The standard InChI is InChI=1S/C16H23N3O2S/c17-15(21)16(7-1-2-8-16)18-11-14(20)19-9-3-5-12(19)13-6-4-10-22-13/h4,6,10,12,18H,1-3,5,7-9,11H2,(H2,17,21)/t12-/m0/s1. The van der Waals surface area contributed by atoms with E-state index in [9.17, 15) is 9.59 Å². The molecule has 1 aliphatic heterocycles. The van der Waals surface area contributed by atoms with Crippen molar-refractivity contribution in [1.82, 2.24) is 10.2 Å². The van der Waals surface area contributed by atoms with Crippen molar-refractivity contribution in [3.05, 3.63) is 22.4 Å². The average molecular weight is 321 g/mol. The van der Waals surface area contributed by atoms with Gasteiger partial charge in [0.2, 0.25) is 11.8 Å². The molecule has 0 aromatic carbocycles. The lowest BCUT2D eigenvalue weighted by Gasteiger charge is -2.29. The molecule has 1 saturated carbocycles. The van der Waals surface area contributed by atoms with Gasteiger partial charge in [0, 0.05) is 11.4 Å². The maximum absolute atomic E-state index is 12.6. The SMILES string of the molecule is NC(=O)C1(NCC(=O)N2CCC[C@H]2c2cccs2)CCCC1. The van der Waals surface area contributed by atoms with E-state index in [0.29, 0.717) is 0 Å². The largest absolute Gasteiger partial charge is 0.368 e. The van der Waals surface area contributed by atoms with Gasteiger partial charge >= 0.3 is 0 Å². The molecule has 2 amide bonds. The number of likely N-dealkylation sites (tertiary alicyclic amines) is 1. The smallest absolute Gasteiger partial charge is 0.237 e. The van der Waals surface area contributed by atoms with Crippen molar-refractivity contribution in [2.24, 2.45) is 5.73 Å². The van der Waals surface area contributed by atoms with Crippen molar-refractivity contribution in [3.63, 3.8) is 0 Å². The third-order valence-corrected chi connectivity index (χ3v) is 5.93. The summed E-state index contributed by atoms with van der Waals surface area (Å²) in [6.07, 6.45) is 5.52. The summed E-state index contributed by atoms with van der Waals surface area (Å²) >= 11 is 1.70. The quantitative estimate of drug-likeness (QED) is 0.868. The molecule has 6 heteroatoms. The van der Waals surface area contributed by atoms with E-state index in [1.165, 1.54) is 4.88 Å². The zero-order valence-electron chi connectivity index (χ0n) is 12.7. The van der Waals surface area contributed by atoms with Crippen molar-refractivity contribution in [2.45, 2.75) is 50.1 Å². The van der Waals surface area contributed by atoms with E-state index >= 15 is 0 Å². The first-order valence-electron chi connectivity index (χ1n) is 8.00. The first kappa shape index (κ1) is 15.5. The first-order chi connectivity index (χ1) is 10.6. The topological polar surface area (TPSA) is 75.4 Å². The van der Waals surface area contributed by atoms with E-state index in [-0.39, 0.29) is 24.4 Å². The number of carbonyl (C=O) groups excluding carboxylic acids is 2. The molecule has 22 heavy (non-hydrogen) atoms. The first-order valence-corrected chi connectivity index (χ1v) is 8.88. The molecule has 0 spiro atoms. The minimum Gasteiger partial charge on any atom is -0.368 e. The van der Waals surface area contributed by atoms with Gasteiger partial charge < -0.3 is 10.6 Å². The van der Waals surface area contributed by atoms with Crippen LogP contribution >= 0.6 is 11.3 Å². The molecule has 1 aromatic rings. The maximum Gasteiger partial charge on any atom is 0.237 e. The average Bonchev–Trinajstić information content (AvgIpc) is 3.24. The third kappa shape index (κ3) is 2.90. The Labute approximate surface area is 134 Å². The minimum absolute atomic E-state index is 0.0726. The fourth-order valence-electron chi connectivity index (χ4n) is 3.68. The van der Waals surface area contributed by atoms with Crippen molar-refractivity contribution >= 4 is 23.2 Å². The Morgan fingerprint density at radius 1 is 1.36 bits per heavy atom. The molecule has 0 unspecified atom stereocenters. The van der Waals surface area contributed by atoms with Crippen LogP contribution in [0.15, 0.2) is 17.5 Å². The van der Waals surface area contributed by atoms with Crippen LogP contribution in [-0.2, 0) is 9.59 Å². The molecule has 120 valence electrons. The molecular formula is C16H23N3O2S. The number of hydrogen-bond donors (Lipinski definition) is 2. The third-order valence-electron chi connectivity index (χ3n) is 4.95. The predicted molar refractivity (Wildman–Crippen MR) is 86.4 cm³/mol. The van der Waals surface area contributed by atoms with Crippen molar-refractivity contribution in [1.29, 1.82) is 0 Å². The van der Waals surface area contributed by atoms with Crippen LogP contribution in [0.1, 0.15) is 49.4 Å². The van der Waals surface area contributed by atoms with E-state index in [2.05, 4.69) is 16.8 Å².